The van der Waals surface area contributed by atoms with E-state index in [1.165, 1.54) is 0 Å². The zero-order chi connectivity index (χ0) is 12.5. The normalized spacial score (nSPS) is 13.8. The van der Waals surface area contributed by atoms with E-state index in [9.17, 15) is 4.79 Å². The van der Waals surface area contributed by atoms with E-state index in [4.69, 9.17) is 0 Å². The van der Waals surface area contributed by atoms with Crippen LogP contribution in [0.4, 0.5) is 0 Å². The molecule has 0 bridgehead atoms. The number of amides is 1. The Bertz CT molecular complexity index is 599. The Morgan fingerprint density at radius 1 is 1.28 bits per heavy atom. The minimum atomic E-state index is -0.00961. The first kappa shape index (κ1) is 11.3. The van der Waals surface area contributed by atoms with Crippen molar-refractivity contribution in [2.24, 2.45) is 0 Å². The number of rotatable bonds is 2. The fraction of sp³-hybridized carbons (Fsp3) is 0.167. The summed E-state index contributed by atoms with van der Waals surface area (Å²) in [4.78, 5) is 26.3. The molecule has 0 atom stereocenters. The molecular weight excluding hydrogens is 296 g/mol. The SMILES string of the molecule is O=C1c2cccnc2CN1Cc1ncc(Br)cn1. The van der Waals surface area contributed by atoms with Crippen molar-refractivity contribution < 1.29 is 4.79 Å². The molecule has 0 aromatic carbocycles. The predicted molar refractivity (Wildman–Crippen MR) is 67.5 cm³/mol. The number of hydrogen-bond acceptors (Lipinski definition) is 4. The van der Waals surface area contributed by atoms with Gasteiger partial charge in [0.15, 0.2) is 0 Å². The van der Waals surface area contributed by atoms with Gasteiger partial charge in [-0.3, -0.25) is 9.78 Å². The molecule has 0 N–H and O–H groups in total. The molecule has 2 aromatic heterocycles. The predicted octanol–water partition coefficient (Wildman–Crippen LogP) is 1.79. The highest BCUT2D eigenvalue weighted by Gasteiger charge is 2.28. The first-order valence-corrected chi connectivity index (χ1v) is 6.23. The molecule has 1 aliphatic rings. The quantitative estimate of drug-likeness (QED) is 0.849. The third-order valence-electron chi connectivity index (χ3n) is 2.75. The fourth-order valence-electron chi connectivity index (χ4n) is 1.90. The van der Waals surface area contributed by atoms with Gasteiger partial charge < -0.3 is 4.90 Å². The van der Waals surface area contributed by atoms with Gasteiger partial charge in [0.05, 0.1) is 28.8 Å². The summed E-state index contributed by atoms with van der Waals surface area (Å²) < 4.78 is 0.823. The molecule has 3 rings (SSSR count). The fourth-order valence-corrected chi connectivity index (χ4v) is 2.11. The molecular formula is C12H9BrN4O. The lowest BCUT2D eigenvalue weighted by Gasteiger charge is -2.13. The number of carbonyl (C=O) groups is 1. The number of halogens is 1. The molecule has 0 spiro atoms. The van der Waals surface area contributed by atoms with Crippen LogP contribution in [0.3, 0.4) is 0 Å². The maximum Gasteiger partial charge on any atom is 0.256 e. The van der Waals surface area contributed by atoms with E-state index in [0.717, 1.165) is 10.2 Å². The van der Waals surface area contributed by atoms with Gasteiger partial charge in [0, 0.05) is 18.6 Å². The minimum Gasteiger partial charge on any atom is -0.325 e. The molecule has 1 aliphatic heterocycles. The van der Waals surface area contributed by atoms with Crippen LogP contribution in [0.5, 0.6) is 0 Å². The van der Waals surface area contributed by atoms with Crippen LogP contribution in [-0.2, 0) is 13.1 Å². The summed E-state index contributed by atoms with van der Waals surface area (Å²) in [5.41, 5.74) is 1.49. The van der Waals surface area contributed by atoms with Crippen LogP contribution in [0, 0.1) is 0 Å². The summed E-state index contributed by atoms with van der Waals surface area (Å²) in [7, 11) is 0. The highest BCUT2D eigenvalue weighted by atomic mass is 79.9. The summed E-state index contributed by atoms with van der Waals surface area (Å²) in [6, 6.07) is 3.57. The first-order chi connectivity index (χ1) is 8.74. The standard InChI is InChI=1S/C12H9BrN4O/c13-8-4-15-11(16-5-8)7-17-6-10-9(12(17)18)2-1-3-14-10/h1-5H,6-7H2. The minimum absolute atomic E-state index is 0.00961. The number of aromatic nitrogens is 3. The van der Waals surface area contributed by atoms with Gasteiger partial charge in [0.25, 0.3) is 5.91 Å². The Hall–Kier alpha value is -1.82. The second-order valence-corrected chi connectivity index (χ2v) is 4.89. The maximum absolute atomic E-state index is 12.1. The summed E-state index contributed by atoms with van der Waals surface area (Å²) in [6.07, 6.45) is 5.05. The van der Waals surface area contributed by atoms with Gasteiger partial charge >= 0.3 is 0 Å². The van der Waals surface area contributed by atoms with Crippen molar-refractivity contribution in [2.75, 3.05) is 0 Å². The molecule has 0 unspecified atom stereocenters. The molecule has 1 amide bonds. The van der Waals surface area contributed by atoms with E-state index in [2.05, 4.69) is 30.9 Å². The van der Waals surface area contributed by atoms with Gasteiger partial charge in [-0.25, -0.2) is 9.97 Å². The van der Waals surface area contributed by atoms with Crippen LogP contribution >= 0.6 is 15.9 Å². The van der Waals surface area contributed by atoms with Gasteiger partial charge in [-0.15, -0.1) is 0 Å². The van der Waals surface area contributed by atoms with E-state index in [1.807, 2.05) is 0 Å². The topological polar surface area (TPSA) is 59.0 Å². The monoisotopic (exact) mass is 304 g/mol. The lowest BCUT2D eigenvalue weighted by molar-refractivity contribution is 0.0762. The average molecular weight is 305 g/mol. The second kappa shape index (κ2) is 4.45. The summed E-state index contributed by atoms with van der Waals surface area (Å²) in [5.74, 6) is 0.615. The van der Waals surface area contributed by atoms with Crippen molar-refractivity contribution in [3.8, 4) is 0 Å². The molecule has 6 heteroatoms. The molecule has 0 saturated heterocycles. The van der Waals surface area contributed by atoms with Gasteiger partial charge in [-0.1, -0.05) is 0 Å². The Balaban J connectivity index is 1.81. The first-order valence-electron chi connectivity index (χ1n) is 5.43. The number of pyridine rings is 1. The number of nitrogens with zero attached hydrogens (tertiary/aromatic N) is 4. The largest absolute Gasteiger partial charge is 0.325 e. The van der Waals surface area contributed by atoms with Crippen molar-refractivity contribution in [2.45, 2.75) is 13.1 Å². The molecule has 0 aliphatic carbocycles. The van der Waals surface area contributed by atoms with Crippen LogP contribution in [0.25, 0.3) is 0 Å². The number of carbonyl (C=O) groups excluding carboxylic acids is 1. The van der Waals surface area contributed by atoms with E-state index >= 15 is 0 Å². The van der Waals surface area contributed by atoms with E-state index in [-0.39, 0.29) is 5.91 Å². The lowest BCUT2D eigenvalue weighted by atomic mass is 10.2. The van der Waals surface area contributed by atoms with Crippen molar-refractivity contribution in [1.82, 2.24) is 19.9 Å². The number of hydrogen-bond donors (Lipinski definition) is 0. The highest BCUT2D eigenvalue weighted by Crippen LogP contribution is 2.21. The van der Waals surface area contributed by atoms with Gasteiger partial charge in [-0.2, -0.15) is 0 Å². The Labute approximate surface area is 112 Å². The molecule has 0 fully saturated rings. The molecule has 5 nitrogen and oxygen atoms in total. The third kappa shape index (κ3) is 1.99. The van der Waals surface area contributed by atoms with Crippen molar-refractivity contribution >= 4 is 21.8 Å². The number of fused-ring (bicyclic) bond motifs is 1. The van der Waals surface area contributed by atoms with Crippen LogP contribution < -0.4 is 0 Å². The Morgan fingerprint density at radius 3 is 2.78 bits per heavy atom. The summed E-state index contributed by atoms with van der Waals surface area (Å²) >= 11 is 3.28. The van der Waals surface area contributed by atoms with Crippen molar-refractivity contribution in [1.29, 1.82) is 0 Å². The molecule has 18 heavy (non-hydrogen) atoms. The third-order valence-corrected chi connectivity index (χ3v) is 3.16. The molecule has 90 valence electrons. The van der Waals surface area contributed by atoms with Gasteiger partial charge in [0.2, 0.25) is 0 Å². The van der Waals surface area contributed by atoms with E-state index < -0.39 is 0 Å². The molecule has 0 saturated carbocycles. The van der Waals surface area contributed by atoms with E-state index in [1.54, 1.807) is 35.6 Å². The van der Waals surface area contributed by atoms with Crippen LogP contribution in [0.1, 0.15) is 21.9 Å². The molecule has 3 heterocycles. The zero-order valence-corrected chi connectivity index (χ0v) is 11.0. The van der Waals surface area contributed by atoms with Crippen LogP contribution in [0.2, 0.25) is 0 Å². The highest BCUT2D eigenvalue weighted by molar-refractivity contribution is 9.10. The zero-order valence-electron chi connectivity index (χ0n) is 9.38. The van der Waals surface area contributed by atoms with Crippen LogP contribution in [-0.4, -0.2) is 25.8 Å². The summed E-state index contributed by atoms with van der Waals surface area (Å²) in [6.45, 7) is 0.927. The van der Waals surface area contributed by atoms with Gasteiger partial charge in [-0.05, 0) is 28.1 Å². The summed E-state index contributed by atoms with van der Waals surface area (Å²) in [5, 5.41) is 0. The average Bonchev–Trinajstić information content (AvgIpc) is 2.70. The van der Waals surface area contributed by atoms with Crippen molar-refractivity contribution in [3.05, 3.63) is 52.3 Å². The van der Waals surface area contributed by atoms with Crippen LogP contribution in [0.15, 0.2) is 35.2 Å². The second-order valence-electron chi connectivity index (χ2n) is 3.98. The lowest BCUT2D eigenvalue weighted by Crippen LogP contribution is -2.24. The maximum atomic E-state index is 12.1. The Kier molecular flexibility index (Phi) is 2.79. The smallest absolute Gasteiger partial charge is 0.256 e. The molecule has 2 aromatic rings. The Morgan fingerprint density at radius 2 is 2.06 bits per heavy atom. The van der Waals surface area contributed by atoms with Crippen molar-refractivity contribution in [3.63, 3.8) is 0 Å². The van der Waals surface area contributed by atoms with Gasteiger partial charge in [0.1, 0.15) is 5.82 Å². The molecule has 0 radical (unpaired) electrons. The van der Waals surface area contributed by atoms with E-state index in [0.29, 0.717) is 24.5 Å².